The third-order valence-corrected chi connectivity index (χ3v) is 5.53. The molecule has 2 rings (SSSR count). The Hall–Kier alpha value is -0.120. The predicted octanol–water partition coefficient (Wildman–Crippen LogP) is 3.19. The molecule has 0 N–H and O–H groups in total. The highest BCUT2D eigenvalue weighted by Crippen LogP contribution is 2.52. The molecule has 2 aliphatic rings. The standard InChI is InChI=1S/C17H33NO2/c1-4-5-10-20-14-16-13-15(17(16,2)3)6-7-18-8-11-19-12-9-18/h15-16H,4-14H2,1-3H3/t15-,16-/m0/s1. The maximum Gasteiger partial charge on any atom is 0.0594 e. The summed E-state index contributed by atoms with van der Waals surface area (Å²) >= 11 is 0. The van der Waals surface area contributed by atoms with E-state index in [0.29, 0.717) is 5.41 Å². The monoisotopic (exact) mass is 283 g/mol. The van der Waals surface area contributed by atoms with Gasteiger partial charge in [0.1, 0.15) is 0 Å². The van der Waals surface area contributed by atoms with E-state index in [1.54, 1.807) is 0 Å². The van der Waals surface area contributed by atoms with Gasteiger partial charge in [-0.3, -0.25) is 4.90 Å². The average molecular weight is 283 g/mol. The third-order valence-electron chi connectivity index (χ3n) is 5.53. The lowest BCUT2D eigenvalue weighted by Crippen LogP contribution is -2.48. The number of nitrogens with zero attached hydrogens (tertiary/aromatic N) is 1. The molecule has 1 aliphatic carbocycles. The van der Waals surface area contributed by atoms with Crippen LogP contribution in [0.2, 0.25) is 0 Å². The minimum Gasteiger partial charge on any atom is -0.381 e. The van der Waals surface area contributed by atoms with Gasteiger partial charge < -0.3 is 9.47 Å². The van der Waals surface area contributed by atoms with Crippen LogP contribution in [0.1, 0.15) is 46.5 Å². The molecule has 0 radical (unpaired) electrons. The number of rotatable bonds is 8. The second-order valence-corrected chi connectivity index (χ2v) is 7.12. The Morgan fingerprint density at radius 2 is 1.95 bits per heavy atom. The minimum absolute atomic E-state index is 0.471. The van der Waals surface area contributed by atoms with Crippen LogP contribution in [0.25, 0.3) is 0 Å². The van der Waals surface area contributed by atoms with Crippen LogP contribution in [-0.4, -0.2) is 51.0 Å². The molecule has 2 fully saturated rings. The summed E-state index contributed by atoms with van der Waals surface area (Å²) in [7, 11) is 0. The second kappa shape index (κ2) is 7.77. The largest absolute Gasteiger partial charge is 0.381 e. The van der Waals surface area contributed by atoms with Gasteiger partial charge in [0.15, 0.2) is 0 Å². The van der Waals surface area contributed by atoms with Crippen molar-refractivity contribution in [3.8, 4) is 0 Å². The van der Waals surface area contributed by atoms with Crippen molar-refractivity contribution in [3.05, 3.63) is 0 Å². The molecule has 0 spiro atoms. The van der Waals surface area contributed by atoms with Gasteiger partial charge in [0.2, 0.25) is 0 Å². The number of morpholine rings is 1. The van der Waals surface area contributed by atoms with E-state index < -0.39 is 0 Å². The van der Waals surface area contributed by atoms with Crippen LogP contribution in [-0.2, 0) is 9.47 Å². The molecule has 0 aromatic carbocycles. The lowest BCUT2D eigenvalue weighted by molar-refractivity contribution is -0.0794. The topological polar surface area (TPSA) is 21.7 Å². The Morgan fingerprint density at radius 1 is 1.20 bits per heavy atom. The zero-order valence-electron chi connectivity index (χ0n) is 13.7. The van der Waals surface area contributed by atoms with Gasteiger partial charge in [-0.25, -0.2) is 0 Å². The molecule has 0 amide bonds. The van der Waals surface area contributed by atoms with Crippen molar-refractivity contribution >= 4 is 0 Å². The van der Waals surface area contributed by atoms with E-state index in [2.05, 4.69) is 25.7 Å². The summed E-state index contributed by atoms with van der Waals surface area (Å²) in [5.41, 5.74) is 0.471. The van der Waals surface area contributed by atoms with Crippen molar-refractivity contribution in [3.63, 3.8) is 0 Å². The molecule has 1 saturated heterocycles. The maximum atomic E-state index is 5.83. The van der Waals surface area contributed by atoms with Gasteiger partial charge >= 0.3 is 0 Å². The summed E-state index contributed by atoms with van der Waals surface area (Å²) in [5, 5.41) is 0. The summed E-state index contributed by atoms with van der Waals surface area (Å²) in [4.78, 5) is 2.56. The Labute approximate surface area is 125 Å². The zero-order chi connectivity index (χ0) is 14.4. The molecule has 2 atom stereocenters. The Bertz CT molecular complexity index is 274. The van der Waals surface area contributed by atoms with Crippen LogP contribution < -0.4 is 0 Å². The van der Waals surface area contributed by atoms with E-state index in [0.717, 1.165) is 51.4 Å². The minimum atomic E-state index is 0.471. The van der Waals surface area contributed by atoms with Crippen LogP contribution in [0.4, 0.5) is 0 Å². The van der Waals surface area contributed by atoms with Crippen molar-refractivity contribution in [1.82, 2.24) is 4.90 Å². The molecule has 0 unspecified atom stereocenters. The lowest BCUT2D eigenvalue weighted by atomic mass is 9.54. The molecule has 118 valence electrons. The summed E-state index contributed by atoms with van der Waals surface area (Å²) in [6, 6.07) is 0. The van der Waals surface area contributed by atoms with Gasteiger partial charge in [0.25, 0.3) is 0 Å². The predicted molar refractivity (Wildman–Crippen MR) is 83.0 cm³/mol. The highest BCUT2D eigenvalue weighted by molar-refractivity contribution is 4.96. The molecule has 0 aromatic rings. The van der Waals surface area contributed by atoms with Crippen LogP contribution in [0, 0.1) is 17.3 Å². The SMILES string of the molecule is CCCCOC[C@@H]1C[C@H](CCN2CCOCC2)C1(C)C. The van der Waals surface area contributed by atoms with Crippen LogP contribution >= 0.6 is 0 Å². The fourth-order valence-corrected chi connectivity index (χ4v) is 3.53. The van der Waals surface area contributed by atoms with Gasteiger partial charge in [-0.1, -0.05) is 27.2 Å². The first-order valence-corrected chi connectivity index (χ1v) is 8.52. The molecule has 3 nitrogen and oxygen atoms in total. The van der Waals surface area contributed by atoms with Gasteiger partial charge in [-0.15, -0.1) is 0 Å². The highest BCUT2D eigenvalue weighted by Gasteiger charge is 2.47. The van der Waals surface area contributed by atoms with Crippen LogP contribution in [0.3, 0.4) is 0 Å². The Morgan fingerprint density at radius 3 is 2.60 bits per heavy atom. The van der Waals surface area contributed by atoms with Crippen molar-refractivity contribution < 1.29 is 9.47 Å². The first kappa shape index (κ1) is 16.3. The van der Waals surface area contributed by atoms with Crippen molar-refractivity contribution in [2.75, 3.05) is 46.1 Å². The number of hydrogen-bond acceptors (Lipinski definition) is 3. The molecule has 1 heterocycles. The van der Waals surface area contributed by atoms with Gasteiger partial charge in [-0.2, -0.15) is 0 Å². The van der Waals surface area contributed by atoms with Crippen LogP contribution in [0.15, 0.2) is 0 Å². The van der Waals surface area contributed by atoms with E-state index in [9.17, 15) is 0 Å². The molecule has 3 heteroatoms. The maximum absolute atomic E-state index is 5.83. The number of hydrogen-bond donors (Lipinski definition) is 0. The van der Waals surface area contributed by atoms with Crippen LogP contribution in [0.5, 0.6) is 0 Å². The van der Waals surface area contributed by atoms with Crippen molar-refractivity contribution in [2.45, 2.75) is 46.5 Å². The second-order valence-electron chi connectivity index (χ2n) is 7.12. The molecule has 1 aliphatic heterocycles. The zero-order valence-corrected chi connectivity index (χ0v) is 13.7. The summed E-state index contributed by atoms with van der Waals surface area (Å²) < 4.78 is 11.2. The number of ether oxygens (including phenoxy) is 2. The normalized spacial score (nSPS) is 30.1. The van der Waals surface area contributed by atoms with Crippen molar-refractivity contribution in [2.24, 2.45) is 17.3 Å². The first-order chi connectivity index (χ1) is 9.64. The smallest absolute Gasteiger partial charge is 0.0594 e. The molecular weight excluding hydrogens is 250 g/mol. The number of unbranched alkanes of at least 4 members (excludes halogenated alkanes) is 1. The van der Waals surface area contributed by atoms with E-state index in [1.807, 2.05) is 0 Å². The molecule has 0 aromatic heterocycles. The van der Waals surface area contributed by atoms with Gasteiger partial charge in [-0.05, 0) is 43.1 Å². The van der Waals surface area contributed by atoms with E-state index >= 15 is 0 Å². The summed E-state index contributed by atoms with van der Waals surface area (Å²) in [5.74, 6) is 1.65. The first-order valence-electron chi connectivity index (χ1n) is 8.52. The third kappa shape index (κ3) is 4.19. The average Bonchev–Trinajstić information content (AvgIpc) is 2.46. The lowest BCUT2D eigenvalue weighted by Gasteiger charge is -2.53. The quantitative estimate of drug-likeness (QED) is 0.639. The Balaban J connectivity index is 1.62. The van der Waals surface area contributed by atoms with Crippen molar-refractivity contribution in [1.29, 1.82) is 0 Å². The fourth-order valence-electron chi connectivity index (χ4n) is 3.53. The summed E-state index contributed by atoms with van der Waals surface area (Å²) in [6.07, 6.45) is 5.14. The van der Waals surface area contributed by atoms with Gasteiger partial charge in [0.05, 0.1) is 13.2 Å². The Kier molecular flexibility index (Phi) is 6.31. The fraction of sp³-hybridized carbons (Fsp3) is 1.00. The molecule has 1 saturated carbocycles. The van der Waals surface area contributed by atoms with E-state index in [4.69, 9.17) is 9.47 Å². The van der Waals surface area contributed by atoms with E-state index in [1.165, 1.54) is 32.2 Å². The molecular formula is C17H33NO2. The molecule has 0 bridgehead atoms. The molecule has 20 heavy (non-hydrogen) atoms. The highest BCUT2D eigenvalue weighted by atomic mass is 16.5. The summed E-state index contributed by atoms with van der Waals surface area (Å²) in [6.45, 7) is 14.3. The van der Waals surface area contributed by atoms with E-state index in [-0.39, 0.29) is 0 Å². The van der Waals surface area contributed by atoms with Gasteiger partial charge in [0, 0.05) is 26.3 Å².